The monoisotopic (exact) mass is 481 g/mol. The fraction of sp³-hybridized carbons (Fsp3) is 0.320. The number of aliphatic carboxylic acids is 1. The van der Waals surface area contributed by atoms with Crippen LogP contribution in [0.1, 0.15) is 18.9 Å². The molecule has 2 aromatic carbocycles. The number of nitrogens with zero attached hydrogens (tertiary/aromatic N) is 2. The fourth-order valence-electron chi connectivity index (χ4n) is 3.47. The smallest absolute Gasteiger partial charge is 0.303 e. The number of rotatable bonds is 11. The SMILES string of the molecule is CCOc1cc(-c2ccc(OCCN(C)C)c(CCC(=O)O)c2)ccc1-c1nc(N)c(N)c(=O)[nH]1. The fourth-order valence-corrected chi connectivity index (χ4v) is 3.47. The van der Waals surface area contributed by atoms with Gasteiger partial charge < -0.3 is 35.9 Å². The first kappa shape index (κ1) is 25.6. The van der Waals surface area contributed by atoms with Gasteiger partial charge in [-0.2, -0.15) is 0 Å². The average molecular weight is 482 g/mol. The maximum absolute atomic E-state index is 12.1. The molecule has 186 valence electrons. The third kappa shape index (κ3) is 6.51. The molecular weight excluding hydrogens is 450 g/mol. The summed E-state index contributed by atoms with van der Waals surface area (Å²) in [5.41, 5.74) is 13.8. The number of carbonyl (C=O) groups is 1. The molecule has 0 aliphatic carbocycles. The molecule has 6 N–H and O–H groups in total. The van der Waals surface area contributed by atoms with Gasteiger partial charge in [0.25, 0.3) is 5.56 Å². The van der Waals surface area contributed by atoms with Crippen LogP contribution in [-0.4, -0.2) is 59.8 Å². The molecule has 1 aromatic heterocycles. The van der Waals surface area contributed by atoms with E-state index < -0.39 is 11.5 Å². The number of H-pyrrole nitrogens is 1. The molecule has 0 radical (unpaired) electrons. The predicted octanol–water partition coefficient (Wildman–Crippen LogP) is 2.62. The van der Waals surface area contributed by atoms with E-state index in [4.69, 9.17) is 20.9 Å². The average Bonchev–Trinajstić information content (AvgIpc) is 2.81. The van der Waals surface area contributed by atoms with Crippen molar-refractivity contribution in [1.29, 1.82) is 0 Å². The molecule has 0 amide bonds. The van der Waals surface area contributed by atoms with E-state index in [9.17, 15) is 14.7 Å². The van der Waals surface area contributed by atoms with Gasteiger partial charge in [-0.05, 0) is 68.4 Å². The molecular formula is C25H31N5O5. The van der Waals surface area contributed by atoms with E-state index in [-0.39, 0.29) is 23.8 Å². The molecule has 0 bridgehead atoms. The van der Waals surface area contributed by atoms with E-state index in [1.807, 2.05) is 56.3 Å². The first-order valence-electron chi connectivity index (χ1n) is 11.2. The highest BCUT2D eigenvalue weighted by molar-refractivity contribution is 5.75. The molecule has 0 spiro atoms. The van der Waals surface area contributed by atoms with Gasteiger partial charge >= 0.3 is 5.97 Å². The zero-order valence-electron chi connectivity index (χ0n) is 20.1. The molecule has 10 nitrogen and oxygen atoms in total. The topological polar surface area (TPSA) is 157 Å². The van der Waals surface area contributed by atoms with Gasteiger partial charge in [0, 0.05) is 13.0 Å². The molecule has 10 heteroatoms. The zero-order chi connectivity index (χ0) is 25.5. The number of aryl methyl sites for hydroxylation is 1. The Kier molecular flexibility index (Phi) is 8.32. The van der Waals surface area contributed by atoms with Gasteiger partial charge in [0.1, 0.15) is 29.6 Å². The summed E-state index contributed by atoms with van der Waals surface area (Å²) < 4.78 is 11.7. The lowest BCUT2D eigenvalue weighted by molar-refractivity contribution is -0.136. The van der Waals surface area contributed by atoms with Crippen molar-refractivity contribution < 1.29 is 19.4 Å². The number of nitrogens with two attached hydrogens (primary N) is 2. The molecule has 0 aliphatic heterocycles. The highest BCUT2D eigenvalue weighted by Crippen LogP contribution is 2.35. The van der Waals surface area contributed by atoms with E-state index in [2.05, 4.69) is 9.97 Å². The van der Waals surface area contributed by atoms with Crippen LogP contribution in [-0.2, 0) is 11.2 Å². The van der Waals surface area contributed by atoms with Crippen LogP contribution < -0.4 is 26.5 Å². The van der Waals surface area contributed by atoms with Crippen molar-refractivity contribution in [1.82, 2.24) is 14.9 Å². The molecule has 0 saturated carbocycles. The maximum Gasteiger partial charge on any atom is 0.303 e. The Bertz CT molecular complexity index is 1260. The normalized spacial score (nSPS) is 11.0. The van der Waals surface area contributed by atoms with Gasteiger partial charge in [-0.15, -0.1) is 0 Å². The minimum atomic E-state index is -0.873. The summed E-state index contributed by atoms with van der Waals surface area (Å²) in [6.07, 6.45) is 0.334. The van der Waals surface area contributed by atoms with Crippen LogP contribution in [0.2, 0.25) is 0 Å². The van der Waals surface area contributed by atoms with Crippen molar-refractivity contribution >= 4 is 17.5 Å². The summed E-state index contributed by atoms with van der Waals surface area (Å²) in [6, 6.07) is 11.2. The van der Waals surface area contributed by atoms with E-state index in [1.165, 1.54) is 0 Å². The summed E-state index contributed by atoms with van der Waals surface area (Å²) in [6.45, 7) is 3.48. The highest BCUT2D eigenvalue weighted by Gasteiger charge is 2.15. The van der Waals surface area contributed by atoms with Gasteiger partial charge in [-0.3, -0.25) is 9.59 Å². The van der Waals surface area contributed by atoms with Crippen LogP contribution >= 0.6 is 0 Å². The van der Waals surface area contributed by atoms with Crippen molar-refractivity contribution in [2.45, 2.75) is 19.8 Å². The summed E-state index contributed by atoms with van der Waals surface area (Å²) in [5, 5.41) is 9.18. The van der Waals surface area contributed by atoms with Crippen LogP contribution in [0.4, 0.5) is 11.5 Å². The van der Waals surface area contributed by atoms with Gasteiger partial charge in [0.05, 0.1) is 12.2 Å². The van der Waals surface area contributed by atoms with Gasteiger partial charge in [0.2, 0.25) is 0 Å². The first-order chi connectivity index (χ1) is 16.7. The predicted molar refractivity (Wildman–Crippen MR) is 136 cm³/mol. The number of carboxylic acids is 1. The number of aromatic amines is 1. The van der Waals surface area contributed by atoms with Crippen molar-refractivity contribution in [2.75, 3.05) is 45.3 Å². The molecule has 0 saturated heterocycles. The minimum absolute atomic E-state index is 0.00573. The molecule has 0 aliphatic rings. The lowest BCUT2D eigenvalue weighted by atomic mass is 9.98. The van der Waals surface area contributed by atoms with Gasteiger partial charge in [-0.25, -0.2) is 4.98 Å². The van der Waals surface area contributed by atoms with Crippen molar-refractivity contribution in [3.63, 3.8) is 0 Å². The Morgan fingerprint density at radius 2 is 1.80 bits per heavy atom. The summed E-state index contributed by atoms with van der Waals surface area (Å²) in [5.74, 6) is 0.502. The molecule has 0 fully saturated rings. The second-order valence-electron chi connectivity index (χ2n) is 8.23. The lowest BCUT2D eigenvalue weighted by Crippen LogP contribution is -2.19. The van der Waals surface area contributed by atoms with E-state index >= 15 is 0 Å². The molecule has 3 aromatic rings. The highest BCUT2D eigenvalue weighted by atomic mass is 16.5. The van der Waals surface area contributed by atoms with Crippen LogP contribution in [0.5, 0.6) is 11.5 Å². The number of nitrogens with one attached hydrogen (secondary N) is 1. The Balaban J connectivity index is 2.00. The minimum Gasteiger partial charge on any atom is -0.493 e. The number of anilines is 2. The lowest BCUT2D eigenvalue weighted by Gasteiger charge is -2.16. The van der Waals surface area contributed by atoms with E-state index in [0.717, 1.165) is 23.2 Å². The number of aromatic nitrogens is 2. The van der Waals surface area contributed by atoms with Crippen LogP contribution in [0.3, 0.4) is 0 Å². The Morgan fingerprint density at radius 1 is 1.09 bits per heavy atom. The number of likely N-dealkylation sites (N-methyl/N-ethyl adjacent to an activating group) is 1. The van der Waals surface area contributed by atoms with E-state index in [1.54, 1.807) is 6.07 Å². The van der Waals surface area contributed by atoms with Gasteiger partial charge in [-0.1, -0.05) is 12.1 Å². The third-order valence-corrected chi connectivity index (χ3v) is 5.32. The molecule has 35 heavy (non-hydrogen) atoms. The van der Waals surface area contributed by atoms with Crippen LogP contribution in [0, 0.1) is 0 Å². The standard InChI is InChI=1S/C25H31N5O5/c1-4-34-20-14-16(5-8-18(20)24-28-23(27)22(26)25(33)29-24)15-6-9-19(35-12-11-30(2)3)17(13-15)7-10-21(31)32/h5-6,8-9,13-14H,4,7,10-12,26H2,1-3H3,(H,31,32)(H3,27,28,29,33). The summed E-state index contributed by atoms with van der Waals surface area (Å²) in [7, 11) is 3.92. The first-order valence-corrected chi connectivity index (χ1v) is 11.2. The third-order valence-electron chi connectivity index (χ3n) is 5.32. The van der Waals surface area contributed by atoms with E-state index in [0.29, 0.717) is 36.7 Å². The Morgan fingerprint density at radius 3 is 2.46 bits per heavy atom. The van der Waals surface area contributed by atoms with Gasteiger partial charge in [0.15, 0.2) is 5.82 Å². The quantitative estimate of drug-likeness (QED) is 0.323. The molecule has 0 atom stereocenters. The summed E-state index contributed by atoms with van der Waals surface area (Å²) >= 11 is 0. The second kappa shape index (κ2) is 11.4. The summed E-state index contributed by atoms with van der Waals surface area (Å²) in [4.78, 5) is 32.1. The number of nitrogen functional groups attached to an aromatic ring is 2. The zero-order valence-corrected chi connectivity index (χ0v) is 20.1. The van der Waals surface area contributed by atoms with Crippen LogP contribution in [0.25, 0.3) is 22.5 Å². The van der Waals surface area contributed by atoms with Crippen molar-refractivity contribution in [3.8, 4) is 34.0 Å². The molecule has 3 rings (SSSR count). The van der Waals surface area contributed by atoms with Crippen molar-refractivity contribution in [3.05, 3.63) is 52.3 Å². The number of hydrogen-bond acceptors (Lipinski definition) is 8. The molecule has 1 heterocycles. The van der Waals surface area contributed by atoms with Crippen molar-refractivity contribution in [2.24, 2.45) is 0 Å². The Hall–Kier alpha value is -4.05. The molecule has 0 unspecified atom stereocenters. The largest absolute Gasteiger partial charge is 0.493 e. The number of carboxylic acid groups (broad SMARTS) is 1. The second-order valence-corrected chi connectivity index (χ2v) is 8.23. The van der Waals surface area contributed by atoms with Crippen LogP contribution in [0.15, 0.2) is 41.2 Å². The Labute approximate surface area is 203 Å². The number of hydrogen-bond donors (Lipinski definition) is 4. The maximum atomic E-state index is 12.1. The number of benzene rings is 2. The number of ether oxygens (including phenoxy) is 2.